The van der Waals surface area contributed by atoms with Gasteiger partial charge in [-0.3, -0.25) is 4.79 Å². The molecule has 0 saturated carbocycles. The molecule has 0 unspecified atom stereocenters. The molecule has 104 valence electrons. The van der Waals surface area contributed by atoms with Gasteiger partial charge in [-0.05, 0) is 36.4 Å². The molecule has 0 fully saturated rings. The van der Waals surface area contributed by atoms with Gasteiger partial charge in [-0.2, -0.15) is 0 Å². The first-order chi connectivity index (χ1) is 9.51. The van der Waals surface area contributed by atoms with Gasteiger partial charge in [0.15, 0.2) is 0 Å². The van der Waals surface area contributed by atoms with Crippen LogP contribution in [0.1, 0.15) is 10.4 Å². The fraction of sp³-hybridized carbons (Fsp3) is 0.0714. The minimum atomic E-state index is -0.466. The number of carbonyl (C=O) groups excluding carboxylic acids is 1. The lowest BCUT2D eigenvalue weighted by Crippen LogP contribution is -2.13. The molecule has 4 nitrogen and oxygen atoms in total. The minimum absolute atomic E-state index is 0.0439. The van der Waals surface area contributed by atoms with Gasteiger partial charge in [0.1, 0.15) is 11.5 Å². The van der Waals surface area contributed by atoms with Crippen LogP contribution in [0.15, 0.2) is 36.4 Å². The lowest BCUT2D eigenvalue weighted by atomic mass is 10.2. The summed E-state index contributed by atoms with van der Waals surface area (Å²) in [4.78, 5) is 12.2. The van der Waals surface area contributed by atoms with Gasteiger partial charge in [0.05, 0.1) is 23.4 Å². The van der Waals surface area contributed by atoms with Crippen molar-refractivity contribution >= 4 is 34.8 Å². The molecule has 1 amide bonds. The molecule has 0 heterocycles. The van der Waals surface area contributed by atoms with Crippen molar-refractivity contribution < 1.29 is 14.6 Å². The highest BCUT2D eigenvalue weighted by Gasteiger charge is 2.14. The number of hydrogen-bond acceptors (Lipinski definition) is 3. The van der Waals surface area contributed by atoms with Gasteiger partial charge in [0, 0.05) is 5.02 Å². The number of carbonyl (C=O) groups is 1. The Morgan fingerprint density at radius 3 is 2.65 bits per heavy atom. The maximum absolute atomic E-state index is 12.2. The zero-order valence-corrected chi connectivity index (χ0v) is 12.0. The normalized spacial score (nSPS) is 10.2. The van der Waals surface area contributed by atoms with Crippen LogP contribution in [-0.4, -0.2) is 18.1 Å². The van der Waals surface area contributed by atoms with Crippen LogP contribution in [0.2, 0.25) is 10.0 Å². The van der Waals surface area contributed by atoms with E-state index in [1.54, 1.807) is 18.2 Å². The van der Waals surface area contributed by atoms with Crippen molar-refractivity contribution in [3.05, 3.63) is 52.0 Å². The van der Waals surface area contributed by atoms with Gasteiger partial charge >= 0.3 is 0 Å². The molecule has 0 spiro atoms. The number of aromatic hydroxyl groups is 1. The van der Waals surface area contributed by atoms with Crippen LogP contribution in [0.5, 0.6) is 11.5 Å². The number of halogens is 2. The van der Waals surface area contributed by atoms with Gasteiger partial charge in [-0.25, -0.2) is 0 Å². The second-order valence-corrected chi connectivity index (χ2v) is 4.81. The van der Waals surface area contributed by atoms with Crippen LogP contribution in [-0.2, 0) is 0 Å². The van der Waals surface area contributed by atoms with Crippen LogP contribution in [0, 0.1) is 0 Å². The average molecular weight is 312 g/mol. The SMILES string of the molecule is COc1ccc(Cl)cc1NC(=O)c1cc(O)ccc1Cl. The lowest BCUT2D eigenvalue weighted by molar-refractivity contribution is 0.102. The van der Waals surface area contributed by atoms with E-state index in [2.05, 4.69) is 5.32 Å². The molecule has 0 aliphatic rings. The summed E-state index contributed by atoms with van der Waals surface area (Å²) >= 11 is 11.8. The summed E-state index contributed by atoms with van der Waals surface area (Å²) in [5.41, 5.74) is 0.582. The Morgan fingerprint density at radius 1 is 1.20 bits per heavy atom. The average Bonchev–Trinajstić information content (AvgIpc) is 2.41. The van der Waals surface area contributed by atoms with E-state index in [9.17, 15) is 9.90 Å². The van der Waals surface area contributed by atoms with Crippen LogP contribution < -0.4 is 10.1 Å². The van der Waals surface area contributed by atoms with Crippen molar-refractivity contribution in [3.63, 3.8) is 0 Å². The number of phenols is 1. The largest absolute Gasteiger partial charge is 0.508 e. The highest BCUT2D eigenvalue weighted by Crippen LogP contribution is 2.29. The fourth-order valence-electron chi connectivity index (χ4n) is 1.65. The summed E-state index contributed by atoms with van der Waals surface area (Å²) in [7, 11) is 1.49. The smallest absolute Gasteiger partial charge is 0.257 e. The summed E-state index contributed by atoms with van der Waals surface area (Å²) in [6, 6.07) is 8.99. The van der Waals surface area contributed by atoms with E-state index in [1.807, 2.05) is 0 Å². The Labute approximate surface area is 125 Å². The maximum Gasteiger partial charge on any atom is 0.257 e. The Kier molecular flexibility index (Phi) is 4.37. The Balaban J connectivity index is 2.32. The third-order valence-corrected chi connectivity index (χ3v) is 3.17. The molecule has 0 saturated heterocycles. The van der Waals surface area contributed by atoms with Crippen molar-refractivity contribution in [2.75, 3.05) is 12.4 Å². The van der Waals surface area contributed by atoms with Crippen molar-refractivity contribution in [2.24, 2.45) is 0 Å². The summed E-state index contributed by atoms with van der Waals surface area (Å²) < 4.78 is 5.14. The molecule has 0 radical (unpaired) electrons. The standard InChI is InChI=1S/C14H11Cl2NO3/c1-20-13-5-2-8(15)6-12(13)17-14(19)10-7-9(18)3-4-11(10)16/h2-7,18H,1H3,(H,17,19). The highest BCUT2D eigenvalue weighted by atomic mass is 35.5. The van der Waals surface area contributed by atoms with E-state index in [0.29, 0.717) is 16.5 Å². The molecule has 2 aromatic rings. The van der Waals surface area contributed by atoms with E-state index in [0.717, 1.165) is 0 Å². The summed E-state index contributed by atoms with van der Waals surface area (Å²) in [6.45, 7) is 0. The fourth-order valence-corrected chi connectivity index (χ4v) is 2.03. The first-order valence-electron chi connectivity index (χ1n) is 5.64. The number of nitrogens with one attached hydrogen (secondary N) is 1. The van der Waals surface area contributed by atoms with Gasteiger partial charge in [0.2, 0.25) is 0 Å². The summed E-state index contributed by atoms with van der Waals surface area (Å²) in [5, 5.41) is 12.8. The molecule has 2 rings (SSSR count). The summed E-state index contributed by atoms with van der Waals surface area (Å²) in [5.74, 6) is -0.0388. The van der Waals surface area contributed by atoms with Gasteiger partial charge in [0.25, 0.3) is 5.91 Å². The molecule has 2 N–H and O–H groups in total. The van der Waals surface area contributed by atoms with E-state index < -0.39 is 5.91 Å². The predicted octanol–water partition coefficient (Wildman–Crippen LogP) is 3.96. The molecular formula is C14H11Cl2NO3. The van der Waals surface area contributed by atoms with Gasteiger partial charge < -0.3 is 15.2 Å². The second-order valence-electron chi connectivity index (χ2n) is 3.96. The first kappa shape index (κ1) is 14.5. The number of benzene rings is 2. The van der Waals surface area contributed by atoms with E-state index in [1.165, 1.54) is 25.3 Å². The molecule has 0 atom stereocenters. The lowest BCUT2D eigenvalue weighted by Gasteiger charge is -2.11. The summed E-state index contributed by atoms with van der Waals surface area (Å²) in [6.07, 6.45) is 0. The second kappa shape index (κ2) is 6.03. The zero-order valence-electron chi connectivity index (χ0n) is 10.5. The molecule has 0 bridgehead atoms. The van der Waals surface area contributed by atoms with Gasteiger partial charge in [-0.15, -0.1) is 0 Å². The Hall–Kier alpha value is -1.91. The molecule has 20 heavy (non-hydrogen) atoms. The first-order valence-corrected chi connectivity index (χ1v) is 6.40. The van der Waals surface area contributed by atoms with Crippen LogP contribution >= 0.6 is 23.2 Å². The topological polar surface area (TPSA) is 58.6 Å². The maximum atomic E-state index is 12.2. The van der Waals surface area contributed by atoms with Gasteiger partial charge in [-0.1, -0.05) is 23.2 Å². The number of phenolic OH excluding ortho intramolecular Hbond substituents is 1. The Morgan fingerprint density at radius 2 is 1.95 bits per heavy atom. The predicted molar refractivity (Wildman–Crippen MR) is 79.1 cm³/mol. The number of rotatable bonds is 3. The molecule has 0 aliphatic heterocycles. The molecule has 0 aliphatic carbocycles. The van der Waals surface area contributed by atoms with Crippen molar-refractivity contribution in [3.8, 4) is 11.5 Å². The quantitative estimate of drug-likeness (QED) is 0.902. The van der Waals surface area contributed by atoms with E-state index in [4.69, 9.17) is 27.9 Å². The van der Waals surface area contributed by atoms with E-state index >= 15 is 0 Å². The number of hydrogen-bond donors (Lipinski definition) is 2. The highest BCUT2D eigenvalue weighted by molar-refractivity contribution is 6.34. The molecular weight excluding hydrogens is 301 g/mol. The molecule has 6 heteroatoms. The molecule has 0 aromatic heterocycles. The third-order valence-electron chi connectivity index (χ3n) is 2.60. The van der Waals surface area contributed by atoms with Crippen molar-refractivity contribution in [1.29, 1.82) is 0 Å². The number of anilines is 1. The van der Waals surface area contributed by atoms with E-state index in [-0.39, 0.29) is 16.3 Å². The van der Waals surface area contributed by atoms with Crippen LogP contribution in [0.25, 0.3) is 0 Å². The zero-order chi connectivity index (χ0) is 14.7. The third kappa shape index (κ3) is 3.15. The number of methoxy groups -OCH3 is 1. The van der Waals surface area contributed by atoms with Crippen molar-refractivity contribution in [1.82, 2.24) is 0 Å². The van der Waals surface area contributed by atoms with Crippen LogP contribution in [0.4, 0.5) is 5.69 Å². The number of amides is 1. The minimum Gasteiger partial charge on any atom is -0.508 e. The monoisotopic (exact) mass is 311 g/mol. The molecule has 2 aromatic carbocycles. The number of ether oxygens (including phenoxy) is 1. The Bertz CT molecular complexity index is 659. The van der Waals surface area contributed by atoms with Crippen LogP contribution in [0.3, 0.4) is 0 Å². The van der Waals surface area contributed by atoms with Crippen molar-refractivity contribution in [2.45, 2.75) is 0 Å².